The molecule has 0 saturated heterocycles. The van der Waals surface area contributed by atoms with Crippen molar-refractivity contribution in [2.24, 2.45) is 0 Å². The monoisotopic (exact) mass is 189 g/mol. The van der Waals surface area contributed by atoms with E-state index in [4.69, 9.17) is 0 Å². The summed E-state index contributed by atoms with van der Waals surface area (Å²) in [6.45, 7) is 8.80. The lowest BCUT2D eigenvalue weighted by atomic mass is 10.3. The van der Waals surface area contributed by atoms with Gasteiger partial charge < -0.3 is 10.1 Å². The number of unbranched alkanes of at least 4 members (excludes halogenated alkanes) is 1. The highest BCUT2D eigenvalue weighted by Crippen LogP contribution is 1.88. The lowest BCUT2D eigenvalue weighted by Crippen LogP contribution is -2.35. The fourth-order valence-corrected chi connectivity index (χ4v) is 0.755. The van der Waals surface area contributed by atoms with Gasteiger partial charge in [0.15, 0.2) is 0 Å². The number of hydrogen-bond donors (Lipinski definition) is 1. The molecule has 0 aliphatic rings. The average molecular weight is 189 g/mol. The van der Waals surface area contributed by atoms with Crippen LogP contribution in [0.1, 0.15) is 40.5 Å². The maximum atomic E-state index is 10.8. The first-order valence-corrected chi connectivity index (χ1v) is 5.03. The van der Waals surface area contributed by atoms with E-state index in [1.54, 1.807) is 0 Å². The molecule has 0 aromatic rings. The standard InChI is InChI=1S/C8H17NO2.C2H6/c1-4-5-6-9-7(2)8(10)11-3;1-2/h7,9H,4-6H2,1-3H3;1-2H3/t7-;/m0./s1. The van der Waals surface area contributed by atoms with Gasteiger partial charge in [-0.05, 0) is 19.9 Å². The lowest BCUT2D eigenvalue weighted by Gasteiger charge is -2.09. The maximum absolute atomic E-state index is 10.8. The second-order valence-corrected chi connectivity index (χ2v) is 2.55. The van der Waals surface area contributed by atoms with Gasteiger partial charge in [0.1, 0.15) is 6.04 Å². The Morgan fingerprint density at radius 2 is 2.00 bits per heavy atom. The van der Waals surface area contributed by atoms with Crippen LogP contribution in [0.25, 0.3) is 0 Å². The summed E-state index contributed by atoms with van der Waals surface area (Å²) in [7, 11) is 1.40. The molecule has 3 heteroatoms. The summed E-state index contributed by atoms with van der Waals surface area (Å²) in [5.74, 6) is -0.193. The minimum Gasteiger partial charge on any atom is -0.468 e. The maximum Gasteiger partial charge on any atom is 0.322 e. The predicted molar refractivity (Wildman–Crippen MR) is 55.7 cm³/mol. The molecule has 0 bridgehead atoms. The molecule has 1 N–H and O–H groups in total. The Morgan fingerprint density at radius 3 is 2.38 bits per heavy atom. The number of nitrogens with one attached hydrogen (secondary N) is 1. The van der Waals surface area contributed by atoms with E-state index in [0.717, 1.165) is 19.4 Å². The van der Waals surface area contributed by atoms with Gasteiger partial charge in [0.2, 0.25) is 0 Å². The lowest BCUT2D eigenvalue weighted by molar-refractivity contribution is -0.142. The minimum absolute atomic E-state index is 0.174. The summed E-state index contributed by atoms with van der Waals surface area (Å²) >= 11 is 0. The second-order valence-electron chi connectivity index (χ2n) is 2.55. The molecule has 3 nitrogen and oxygen atoms in total. The van der Waals surface area contributed by atoms with Crippen LogP contribution in [0.2, 0.25) is 0 Å². The quantitative estimate of drug-likeness (QED) is 0.531. The molecule has 0 heterocycles. The first-order chi connectivity index (χ1) is 6.22. The molecule has 0 aromatic carbocycles. The van der Waals surface area contributed by atoms with Crippen LogP contribution < -0.4 is 5.32 Å². The highest BCUT2D eigenvalue weighted by atomic mass is 16.5. The Bertz CT molecular complexity index is 115. The first-order valence-electron chi connectivity index (χ1n) is 5.03. The van der Waals surface area contributed by atoms with E-state index in [-0.39, 0.29) is 12.0 Å². The molecule has 13 heavy (non-hydrogen) atoms. The van der Waals surface area contributed by atoms with Gasteiger partial charge in [-0.25, -0.2) is 0 Å². The van der Waals surface area contributed by atoms with Gasteiger partial charge in [0.05, 0.1) is 7.11 Å². The molecule has 0 amide bonds. The third-order valence-corrected chi connectivity index (χ3v) is 1.54. The summed E-state index contributed by atoms with van der Waals surface area (Å²) in [5.41, 5.74) is 0. The molecular formula is C10H23NO2. The Labute approximate surface area is 81.9 Å². The zero-order valence-corrected chi connectivity index (χ0v) is 9.52. The Balaban J connectivity index is 0. The normalized spacial score (nSPS) is 11.2. The van der Waals surface area contributed by atoms with Crippen molar-refractivity contribution >= 4 is 5.97 Å². The number of rotatable bonds is 5. The molecule has 1 atom stereocenters. The molecule has 0 aliphatic carbocycles. The smallest absolute Gasteiger partial charge is 0.322 e. The van der Waals surface area contributed by atoms with E-state index in [9.17, 15) is 4.79 Å². The van der Waals surface area contributed by atoms with Gasteiger partial charge in [0, 0.05) is 0 Å². The molecule has 0 saturated carbocycles. The Morgan fingerprint density at radius 1 is 1.46 bits per heavy atom. The molecule has 80 valence electrons. The number of esters is 1. The van der Waals surface area contributed by atoms with Gasteiger partial charge in [-0.1, -0.05) is 27.2 Å². The summed E-state index contributed by atoms with van der Waals surface area (Å²) in [6.07, 6.45) is 2.24. The molecule has 0 fully saturated rings. The molecule has 0 aliphatic heterocycles. The Hall–Kier alpha value is -0.570. The van der Waals surface area contributed by atoms with Crippen molar-refractivity contribution in [3.8, 4) is 0 Å². The largest absolute Gasteiger partial charge is 0.468 e. The molecule has 0 spiro atoms. The van der Waals surface area contributed by atoms with Crippen LogP contribution >= 0.6 is 0 Å². The zero-order chi connectivity index (χ0) is 10.7. The third kappa shape index (κ3) is 9.34. The number of methoxy groups -OCH3 is 1. The zero-order valence-electron chi connectivity index (χ0n) is 9.52. The van der Waals surface area contributed by atoms with Gasteiger partial charge in [0.25, 0.3) is 0 Å². The Kier molecular flexibility index (Phi) is 13.1. The fourth-order valence-electron chi connectivity index (χ4n) is 0.755. The highest BCUT2D eigenvalue weighted by molar-refractivity contribution is 5.74. The molecule has 0 rings (SSSR count). The molecule has 0 radical (unpaired) electrons. The summed E-state index contributed by atoms with van der Waals surface area (Å²) in [5, 5.41) is 3.06. The number of hydrogen-bond acceptors (Lipinski definition) is 3. The topological polar surface area (TPSA) is 38.3 Å². The van der Waals surface area contributed by atoms with E-state index in [1.807, 2.05) is 20.8 Å². The summed E-state index contributed by atoms with van der Waals surface area (Å²) in [6, 6.07) is -0.174. The summed E-state index contributed by atoms with van der Waals surface area (Å²) < 4.78 is 4.54. The van der Waals surface area contributed by atoms with Crippen molar-refractivity contribution < 1.29 is 9.53 Å². The van der Waals surface area contributed by atoms with Crippen LogP contribution in [0.5, 0.6) is 0 Å². The number of carbonyl (C=O) groups is 1. The van der Waals surface area contributed by atoms with E-state index in [1.165, 1.54) is 7.11 Å². The van der Waals surface area contributed by atoms with Crippen LogP contribution in [0.15, 0.2) is 0 Å². The van der Waals surface area contributed by atoms with Crippen molar-refractivity contribution in [3.63, 3.8) is 0 Å². The van der Waals surface area contributed by atoms with Crippen molar-refractivity contribution in [1.82, 2.24) is 5.32 Å². The van der Waals surface area contributed by atoms with E-state index < -0.39 is 0 Å². The average Bonchev–Trinajstić information content (AvgIpc) is 2.20. The van der Waals surface area contributed by atoms with Gasteiger partial charge in [-0.15, -0.1) is 0 Å². The highest BCUT2D eigenvalue weighted by Gasteiger charge is 2.10. The van der Waals surface area contributed by atoms with Crippen LogP contribution in [0.3, 0.4) is 0 Å². The summed E-state index contributed by atoms with van der Waals surface area (Å²) in [4.78, 5) is 10.8. The van der Waals surface area contributed by atoms with Gasteiger partial charge in [-0.3, -0.25) is 4.79 Å². The number of ether oxygens (including phenoxy) is 1. The predicted octanol–water partition coefficient (Wildman–Crippen LogP) is 1.96. The van der Waals surface area contributed by atoms with Crippen LogP contribution in [0, 0.1) is 0 Å². The molecule has 0 unspecified atom stereocenters. The van der Waals surface area contributed by atoms with Crippen molar-refractivity contribution in [3.05, 3.63) is 0 Å². The van der Waals surface area contributed by atoms with E-state index in [0.29, 0.717) is 0 Å². The van der Waals surface area contributed by atoms with E-state index in [2.05, 4.69) is 17.0 Å². The van der Waals surface area contributed by atoms with Crippen molar-refractivity contribution in [2.45, 2.75) is 46.6 Å². The third-order valence-electron chi connectivity index (χ3n) is 1.54. The van der Waals surface area contributed by atoms with Crippen LogP contribution in [-0.4, -0.2) is 25.7 Å². The molecule has 0 aromatic heterocycles. The van der Waals surface area contributed by atoms with Crippen molar-refractivity contribution in [1.29, 1.82) is 0 Å². The van der Waals surface area contributed by atoms with Crippen LogP contribution in [-0.2, 0) is 9.53 Å². The van der Waals surface area contributed by atoms with Crippen LogP contribution in [0.4, 0.5) is 0 Å². The second kappa shape index (κ2) is 11.4. The number of carbonyl (C=O) groups excluding carboxylic acids is 1. The van der Waals surface area contributed by atoms with E-state index >= 15 is 0 Å². The van der Waals surface area contributed by atoms with Crippen molar-refractivity contribution in [2.75, 3.05) is 13.7 Å². The first kappa shape index (κ1) is 14.9. The van der Waals surface area contributed by atoms with Gasteiger partial charge in [-0.2, -0.15) is 0 Å². The SMILES string of the molecule is CC.CCCCN[C@@H](C)C(=O)OC. The minimum atomic E-state index is -0.193. The fraction of sp³-hybridized carbons (Fsp3) is 0.900. The van der Waals surface area contributed by atoms with Gasteiger partial charge >= 0.3 is 5.97 Å². The molecular weight excluding hydrogens is 166 g/mol.